The summed E-state index contributed by atoms with van der Waals surface area (Å²) in [6, 6.07) is 9.95. The number of carbonyl (C=O) groups excluding carboxylic acids is 1. The third-order valence-corrected chi connectivity index (χ3v) is 6.50. The zero-order chi connectivity index (χ0) is 18.0. The zero-order valence-corrected chi connectivity index (χ0v) is 14.8. The van der Waals surface area contributed by atoms with Gasteiger partial charge in [-0.25, -0.2) is 17.9 Å². The summed E-state index contributed by atoms with van der Waals surface area (Å²) in [5.74, 6) is -0.977. The Kier molecular flexibility index (Phi) is 4.75. The lowest BCUT2D eigenvalue weighted by atomic mass is 10.3. The van der Waals surface area contributed by atoms with Crippen LogP contribution in [-0.2, 0) is 27.9 Å². The molecule has 2 aromatic heterocycles. The molecule has 0 bridgehead atoms. The fourth-order valence-electron chi connectivity index (χ4n) is 2.25. The average Bonchev–Trinajstić information content (AvgIpc) is 3.19. The first-order chi connectivity index (χ1) is 11.9. The number of nitrogens with zero attached hydrogens (tertiary/aromatic N) is 1. The Bertz CT molecular complexity index is 1080. The number of sulfonamides is 1. The maximum atomic E-state index is 12.1. The summed E-state index contributed by atoms with van der Waals surface area (Å²) < 4.78 is 32.1. The maximum Gasteiger partial charge on any atom is 0.420 e. The van der Waals surface area contributed by atoms with E-state index in [0.717, 1.165) is 11.3 Å². The van der Waals surface area contributed by atoms with Crippen LogP contribution in [0.1, 0.15) is 4.88 Å². The molecule has 0 unspecified atom stereocenters. The molecule has 25 heavy (non-hydrogen) atoms. The molecule has 0 aliphatic rings. The summed E-state index contributed by atoms with van der Waals surface area (Å²) in [7, 11) is -2.15. The largest absolute Gasteiger partial charge is 0.420 e. The molecule has 2 N–H and O–H groups in total. The number of fused-ring (bicyclic) bond motifs is 1. The van der Waals surface area contributed by atoms with Crippen LogP contribution in [0, 0.1) is 0 Å². The van der Waals surface area contributed by atoms with Gasteiger partial charge in [-0.2, -0.15) is 0 Å². The van der Waals surface area contributed by atoms with Gasteiger partial charge in [0.05, 0.1) is 12.1 Å². The minimum atomic E-state index is -3.49. The summed E-state index contributed by atoms with van der Waals surface area (Å²) in [5.41, 5.74) is 0.960. The van der Waals surface area contributed by atoms with Gasteiger partial charge in [-0.3, -0.25) is 9.36 Å². The number of para-hydroxylation sites is 2. The second kappa shape index (κ2) is 6.82. The Labute approximate surface area is 147 Å². The first kappa shape index (κ1) is 17.4. The molecule has 8 nitrogen and oxygen atoms in total. The maximum absolute atomic E-state index is 12.1. The normalized spacial score (nSPS) is 11.7. The van der Waals surface area contributed by atoms with Crippen molar-refractivity contribution in [3.05, 3.63) is 51.8 Å². The molecule has 1 aromatic carbocycles. The second-order valence-corrected chi connectivity index (χ2v) is 8.41. The lowest BCUT2D eigenvalue weighted by molar-refractivity contribution is -0.121. The highest BCUT2D eigenvalue weighted by Crippen LogP contribution is 2.21. The van der Waals surface area contributed by atoms with Crippen LogP contribution < -0.4 is 15.8 Å². The number of aromatic nitrogens is 1. The highest BCUT2D eigenvalue weighted by atomic mass is 32.2. The monoisotopic (exact) mass is 381 g/mol. The number of nitrogens with one attached hydrogen (secondary N) is 2. The molecular formula is C15H15N3O5S2. The predicted octanol–water partition coefficient (Wildman–Crippen LogP) is 0.880. The molecule has 3 aromatic rings. The summed E-state index contributed by atoms with van der Waals surface area (Å²) in [6.07, 6.45) is 0. The van der Waals surface area contributed by atoms with Gasteiger partial charge in [0.15, 0.2) is 5.58 Å². The third kappa shape index (κ3) is 3.65. The van der Waals surface area contributed by atoms with Crippen LogP contribution in [0.3, 0.4) is 0 Å². The smallest absolute Gasteiger partial charge is 0.408 e. The summed E-state index contributed by atoms with van der Waals surface area (Å²) in [6.45, 7) is -0.00381. The molecule has 0 fully saturated rings. The van der Waals surface area contributed by atoms with Crippen LogP contribution in [0.4, 0.5) is 0 Å². The molecule has 0 atom stereocenters. The van der Waals surface area contributed by atoms with Crippen molar-refractivity contribution in [3.63, 3.8) is 0 Å². The molecule has 3 rings (SSSR count). The van der Waals surface area contributed by atoms with Crippen LogP contribution in [0.25, 0.3) is 11.1 Å². The molecule has 10 heteroatoms. The second-order valence-electron chi connectivity index (χ2n) is 5.13. The molecule has 0 radical (unpaired) electrons. The number of thiophene rings is 1. The van der Waals surface area contributed by atoms with Gasteiger partial charge < -0.3 is 9.73 Å². The van der Waals surface area contributed by atoms with Gasteiger partial charge in [-0.05, 0) is 31.3 Å². The van der Waals surface area contributed by atoms with E-state index in [1.54, 1.807) is 30.3 Å². The summed E-state index contributed by atoms with van der Waals surface area (Å²) >= 11 is 1.07. The van der Waals surface area contributed by atoms with Crippen LogP contribution in [0.15, 0.2) is 49.8 Å². The number of carbonyl (C=O) groups is 1. The fraction of sp³-hybridized carbons (Fsp3) is 0.200. The van der Waals surface area contributed by atoms with Gasteiger partial charge in [-0.15, -0.1) is 11.3 Å². The first-order valence-corrected chi connectivity index (χ1v) is 9.58. The number of hydrogen-bond acceptors (Lipinski definition) is 6. The van der Waals surface area contributed by atoms with E-state index in [1.165, 1.54) is 17.7 Å². The van der Waals surface area contributed by atoms with E-state index >= 15 is 0 Å². The van der Waals surface area contributed by atoms with Crippen LogP contribution in [0.2, 0.25) is 0 Å². The molecular weight excluding hydrogens is 366 g/mol. The lowest BCUT2D eigenvalue weighted by Gasteiger charge is -2.04. The van der Waals surface area contributed by atoms with Gasteiger partial charge in [0.25, 0.3) is 0 Å². The Balaban J connectivity index is 1.67. The first-order valence-electron chi connectivity index (χ1n) is 7.28. The van der Waals surface area contributed by atoms with Crippen molar-refractivity contribution < 1.29 is 17.6 Å². The zero-order valence-electron chi connectivity index (χ0n) is 13.2. The van der Waals surface area contributed by atoms with Gasteiger partial charge in [0.2, 0.25) is 15.9 Å². The van der Waals surface area contributed by atoms with Crippen molar-refractivity contribution in [2.45, 2.75) is 17.3 Å². The number of amides is 1. The van der Waals surface area contributed by atoms with Gasteiger partial charge in [0, 0.05) is 4.88 Å². The highest BCUT2D eigenvalue weighted by molar-refractivity contribution is 7.91. The quantitative estimate of drug-likeness (QED) is 0.659. The number of oxazole rings is 1. The topological polar surface area (TPSA) is 110 Å². The molecule has 1 amide bonds. The average molecular weight is 381 g/mol. The van der Waals surface area contributed by atoms with E-state index in [9.17, 15) is 18.0 Å². The van der Waals surface area contributed by atoms with Crippen molar-refractivity contribution >= 4 is 38.4 Å². The minimum Gasteiger partial charge on any atom is -0.408 e. The Morgan fingerprint density at radius 3 is 2.76 bits per heavy atom. The predicted molar refractivity (Wildman–Crippen MR) is 92.9 cm³/mol. The van der Waals surface area contributed by atoms with Crippen molar-refractivity contribution in [2.24, 2.45) is 0 Å². The summed E-state index contributed by atoms with van der Waals surface area (Å²) in [4.78, 5) is 24.6. The minimum absolute atomic E-state index is 0.174. The van der Waals surface area contributed by atoms with Crippen LogP contribution in [-0.4, -0.2) is 25.9 Å². The summed E-state index contributed by atoms with van der Waals surface area (Å²) in [5, 5.41) is 2.67. The van der Waals surface area contributed by atoms with Crippen molar-refractivity contribution in [1.82, 2.24) is 14.6 Å². The third-order valence-electron chi connectivity index (χ3n) is 3.51. The SMILES string of the molecule is CNS(=O)(=O)c1ccc(CNC(=O)Cn2c(=O)oc3ccccc32)s1. The van der Waals surface area contributed by atoms with E-state index in [2.05, 4.69) is 10.0 Å². The molecule has 0 aliphatic carbocycles. The standard InChI is InChI=1S/C15H15N3O5S2/c1-16-25(21,22)14-7-6-10(24-14)8-17-13(19)9-18-11-4-2-3-5-12(11)23-15(18)20/h2-7,16H,8-9H2,1H3,(H,17,19). The molecule has 132 valence electrons. The van der Waals surface area contributed by atoms with E-state index < -0.39 is 15.8 Å². The number of benzene rings is 1. The molecule has 0 saturated heterocycles. The van der Waals surface area contributed by atoms with Crippen molar-refractivity contribution in [2.75, 3.05) is 7.05 Å². The Morgan fingerprint density at radius 2 is 2.00 bits per heavy atom. The van der Waals surface area contributed by atoms with Gasteiger partial charge in [0.1, 0.15) is 10.8 Å². The Morgan fingerprint density at radius 1 is 1.24 bits per heavy atom. The van der Waals surface area contributed by atoms with E-state index in [-0.39, 0.29) is 23.2 Å². The van der Waals surface area contributed by atoms with Crippen molar-refractivity contribution in [3.8, 4) is 0 Å². The van der Waals surface area contributed by atoms with Crippen molar-refractivity contribution in [1.29, 1.82) is 0 Å². The van der Waals surface area contributed by atoms with E-state index in [4.69, 9.17) is 4.42 Å². The van der Waals surface area contributed by atoms with E-state index in [1.807, 2.05) is 0 Å². The van der Waals surface area contributed by atoms with Gasteiger partial charge in [-0.1, -0.05) is 12.1 Å². The molecule has 2 heterocycles. The molecule has 0 aliphatic heterocycles. The van der Waals surface area contributed by atoms with Crippen LogP contribution >= 0.6 is 11.3 Å². The Hall–Kier alpha value is -2.43. The molecule has 0 saturated carbocycles. The van der Waals surface area contributed by atoms with Gasteiger partial charge >= 0.3 is 5.76 Å². The lowest BCUT2D eigenvalue weighted by Crippen LogP contribution is -2.30. The number of hydrogen-bond donors (Lipinski definition) is 2. The highest BCUT2D eigenvalue weighted by Gasteiger charge is 2.15. The van der Waals surface area contributed by atoms with Crippen LogP contribution in [0.5, 0.6) is 0 Å². The molecule has 0 spiro atoms. The fourth-order valence-corrected chi connectivity index (χ4v) is 4.38. The van der Waals surface area contributed by atoms with E-state index in [0.29, 0.717) is 16.0 Å². The number of rotatable bonds is 6.